The van der Waals surface area contributed by atoms with Gasteiger partial charge in [-0.25, -0.2) is 0 Å². The summed E-state index contributed by atoms with van der Waals surface area (Å²) < 4.78 is 5.93. The molecule has 0 heterocycles. The molecule has 138 valence electrons. The van der Waals surface area contributed by atoms with Gasteiger partial charge >= 0.3 is 0 Å². The van der Waals surface area contributed by atoms with Gasteiger partial charge in [0.15, 0.2) is 5.78 Å². The van der Waals surface area contributed by atoms with Crippen LogP contribution in [0.4, 0.5) is 0 Å². The van der Waals surface area contributed by atoms with Gasteiger partial charge in [-0.05, 0) is 56.2 Å². The van der Waals surface area contributed by atoms with Crippen LogP contribution in [-0.2, 0) is 4.79 Å². The Morgan fingerprint density at radius 1 is 1.08 bits per heavy atom. The van der Waals surface area contributed by atoms with Crippen molar-refractivity contribution in [3.8, 4) is 5.75 Å². The third-order valence-electron chi connectivity index (χ3n) is 5.86. The number of nitrogens with one attached hydrogen (secondary N) is 1. The van der Waals surface area contributed by atoms with Crippen LogP contribution in [0.3, 0.4) is 0 Å². The Bertz CT molecular complexity index is 709. The number of benzene rings is 1. The first-order chi connectivity index (χ1) is 12.7. The summed E-state index contributed by atoms with van der Waals surface area (Å²) in [5.41, 5.74) is 2.20. The molecule has 0 saturated heterocycles. The van der Waals surface area contributed by atoms with Crippen LogP contribution in [0.5, 0.6) is 5.75 Å². The molecule has 0 bridgehead atoms. The first-order valence-corrected chi connectivity index (χ1v) is 9.79. The normalized spacial score (nSPS) is 31.2. The van der Waals surface area contributed by atoms with Crippen molar-refractivity contribution in [2.45, 2.75) is 56.8 Å². The number of Topliss-reactive ketones (excluding diaryl/α,β-unsaturated/α-hetero) is 1. The average Bonchev–Trinajstić information content (AvgIpc) is 3.02. The highest BCUT2D eigenvalue weighted by atomic mass is 16.5. The molecule has 0 aliphatic heterocycles. The Morgan fingerprint density at radius 3 is 2.73 bits per heavy atom. The molecule has 0 aromatic heterocycles. The summed E-state index contributed by atoms with van der Waals surface area (Å²) in [7, 11) is 0. The molecule has 0 amide bonds. The summed E-state index contributed by atoms with van der Waals surface area (Å²) in [6.07, 6.45) is 9.24. The van der Waals surface area contributed by atoms with E-state index in [1.807, 2.05) is 30.3 Å². The van der Waals surface area contributed by atoms with Crippen LogP contribution < -0.4 is 10.1 Å². The fraction of sp³-hybridized carbons (Fsp3) is 0.500. The highest BCUT2D eigenvalue weighted by Crippen LogP contribution is 2.33. The summed E-state index contributed by atoms with van der Waals surface area (Å²) in [6, 6.07) is 9.64. The summed E-state index contributed by atoms with van der Waals surface area (Å²) in [4.78, 5) is 12.7. The predicted octanol–water partition coefficient (Wildman–Crippen LogP) is 3.17. The minimum atomic E-state index is -0.543. The van der Waals surface area contributed by atoms with Crippen molar-refractivity contribution in [2.75, 3.05) is 6.54 Å². The Hall–Kier alpha value is -1.91. The van der Waals surface area contributed by atoms with E-state index in [-0.39, 0.29) is 23.8 Å². The SMILES string of the molecule is O=C1C2=CCCC=C2CC[C@H]1CN[C@@H]1CC[C@@H](Oc2ccccc2)C1O. The van der Waals surface area contributed by atoms with Gasteiger partial charge in [0.05, 0.1) is 0 Å². The van der Waals surface area contributed by atoms with E-state index >= 15 is 0 Å². The van der Waals surface area contributed by atoms with E-state index < -0.39 is 6.10 Å². The van der Waals surface area contributed by atoms with Gasteiger partial charge in [-0.2, -0.15) is 0 Å². The first-order valence-electron chi connectivity index (χ1n) is 9.79. The van der Waals surface area contributed by atoms with Crippen molar-refractivity contribution < 1.29 is 14.6 Å². The molecule has 26 heavy (non-hydrogen) atoms. The topological polar surface area (TPSA) is 58.6 Å². The summed E-state index contributed by atoms with van der Waals surface area (Å²) >= 11 is 0. The lowest BCUT2D eigenvalue weighted by atomic mass is 9.78. The van der Waals surface area contributed by atoms with Gasteiger partial charge in [-0.1, -0.05) is 30.4 Å². The monoisotopic (exact) mass is 353 g/mol. The molecule has 2 N–H and O–H groups in total. The quantitative estimate of drug-likeness (QED) is 0.854. The number of aliphatic hydroxyl groups is 1. The number of carbonyl (C=O) groups is 1. The molecular formula is C22H27NO3. The maximum atomic E-state index is 12.7. The zero-order valence-corrected chi connectivity index (χ0v) is 15.1. The Labute approximate surface area is 154 Å². The lowest BCUT2D eigenvalue weighted by Gasteiger charge is -2.29. The number of hydrogen-bond acceptors (Lipinski definition) is 4. The number of ether oxygens (including phenoxy) is 1. The molecule has 1 aromatic rings. The van der Waals surface area contributed by atoms with Gasteiger partial charge in [0.25, 0.3) is 0 Å². The van der Waals surface area contributed by atoms with Crippen LogP contribution in [-0.4, -0.2) is 35.7 Å². The zero-order valence-electron chi connectivity index (χ0n) is 15.1. The minimum Gasteiger partial charge on any atom is -0.488 e. The van der Waals surface area contributed by atoms with E-state index in [1.165, 1.54) is 5.57 Å². The number of ketones is 1. The van der Waals surface area contributed by atoms with Gasteiger partial charge in [0.1, 0.15) is 18.0 Å². The third-order valence-corrected chi connectivity index (χ3v) is 5.86. The number of rotatable bonds is 5. The van der Waals surface area contributed by atoms with E-state index in [0.717, 1.165) is 49.8 Å². The van der Waals surface area contributed by atoms with Crippen molar-refractivity contribution in [1.82, 2.24) is 5.32 Å². The molecule has 4 atom stereocenters. The molecule has 0 spiro atoms. The fourth-order valence-electron chi connectivity index (χ4n) is 4.36. The predicted molar refractivity (Wildman–Crippen MR) is 101 cm³/mol. The van der Waals surface area contributed by atoms with Crippen LogP contribution >= 0.6 is 0 Å². The number of carbonyl (C=O) groups excluding carboxylic acids is 1. The van der Waals surface area contributed by atoms with Gasteiger partial charge in [-0.3, -0.25) is 4.79 Å². The molecule has 4 rings (SSSR count). The molecule has 2 saturated carbocycles. The lowest BCUT2D eigenvalue weighted by Crippen LogP contribution is -2.45. The number of allylic oxidation sites excluding steroid dienone is 4. The minimum absolute atomic E-state index is 0.00575. The first kappa shape index (κ1) is 17.5. The molecular weight excluding hydrogens is 326 g/mol. The van der Waals surface area contributed by atoms with Crippen molar-refractivity contribution in [3.05, 3.63) is 53.6 Å². The maximum absolute atomic E-state index is 12.7. The van der Waals surface area contributed by atoms with Gasteiger partial charge < -0.3 is 15.2 Å². The highest BCUT2D eigenvalue weighted by molar-refractivity contribution is 6.02. The van der Waals surface area contributed by atoms with Crippen LogP contribution in [0, 0.1) is 5.92 Å². The second kappa shape index (κ2) is 7.77. The Kier molecular flexibility index (Phi) is 5.23. The number of para-hydroxylation sites is 1. The fourth-order valence-corrected chi connectivity index (χ4v) is 4.36. The Morgan fingerprint density at radius 2 is 1.88 bits per heavy atom. The van der Waals surface area contributed by atoms with Crippen molar-refractivity contribution in [2.24, 2.45) is 5.92 Å². The van der Waals surface area contributed by atoms with Crippen LogP contribution in [0.25, 0.3) is 0 Å². The molecule has 0 radical (unpaired) electrons. The second-order valence-corrected chi connectivity index (χ2v) is 7.58. The molecule has 3 aliphatic rings. The molecule has 2 fully saturated rings. The molecule has 1 aromatic carbocycles. The summed E-state index contributed by atoms with van der Waals surface area (Å²) in [6.45, 7) is 0.642. The third kappa shape index (κ3) is 3.62. The van der Waals surface area contributed by atoms with E-state index in [2.05, 4.69) is 17.5 Å². The lowest BCUT2D eigenvalue weighted by molar-refractivity contribution is -0.119. The molecule has 4 heteroatoms. The summed E-state index contributed by atoms with van der Waals surface area (Å²) in [5, 5.41) is 14.0. The Balaban J connectivity index is 1.30. The zero-order chi connectivity index (χ0) is 17.9. The highest BCUT2D eigenvalue weighted by Gasteiger charge is 2.37. The number of aliphatic hydroxyl groups excluding tert-OH is 1. The smallest absolute Gasteiger partial charge is 0.167 e. The molecule has 1 unspecified atom stereocenters. The van der Waals surface area contributed by atoms with E-state index in [4.69, 9.17) is 4.74 Å². The second-order valence-electron chi connectivity index (χ2n) is 7.58. The van der Waals surface area contributed by atoms with Gasteiger partial charge in [-0.15, -0.1) is 0 Å². The van der Waals surface area contributed by atoms with E-state index in [0.29, 0.717) is 6.54 Å². The number of hydrogen-bond donors (Lipinski definition) is 2. The maximum Gasteiger partial charge on any atom is 0.167 e. The van der Waals surface area contributed by atoms with E-state index in [9.17, 15) is 9.90 Å². The van der Waals surface area contributed by atoms with Crippen LogP contribution in [0.2, 0.25) is 0 Å². The standard InChI is InChI=1S/C22H27NO3/c24-21-16(11-10-15-6-4-5-9-18(15)21)14-23-19-12-13-20(22(19)25)26-17-7-2-1-3-8-17/h1-3,6-9,16,19-20,22-23,25H,4-5,10-14H2/t16-,19+,20+,22?/m0/s1. The average molecular weight is 353 g/mol. The van der Waals surface area contributed by atoms with Crippen molar-refractivity contribution >= 4 is 5.78 Å². The van der Waals surface area contributed by atoms with Gasteiger partial charge in [0.2, 0.25) is 0 Å². The number of fused-ring (bicyclic) bond motifs is 1. The molecule has 4 nitrogen and oxygen atoms in total. The van der Waals surface area contributed by atoms with Crippen LogP contribution in [0.15, 0.2) is 53.6 Å². The van der Waals surface area contributed by atoms with E-state index in [1.54, 1.807) is 0 Å². The molecule has 3 aliphatic carbocycles. The van der Waals surface area contributed by atoms with Gasteiger partial charge in [0, 0.05) is 24.1 Å². The van der Waals surface area contributed by atoms with Crippen LogP contribution in [0.1, 0.15) is 38.5 Å². The van der Waals surface area contributed by atoms with Crippen molar-refractivity contribution in [1.29, 1.82) is 0 Å². The van der Waals surface area contributed by atoms with Crippen molar-refractivity contribution in [3.63, 3.8) is 0 Å². The largest absolute Gasteiger partial charge is 0.488 e. The summed E-state index contributed by atoms with van der Waals surface area (Å²) in [5.74, 6) is 1.10.